The monoisotopic (exact) mass is 201 g/mol. The molecular weight excluding hydrogens is 190 g/mol. The summed E-state index contributed by atoms with van der Waals surface area (Å²) in [6.07, 6.45) is 1.62. The molecular formula is C12H11NO2. The fourth-order valence-corrected chi connectivity index (χ4v) is 1.26. The van der Waals surface area contributed by atoms with E-state index in [0.29, 0.717) is 6.61 Å². The third-order valence-electron chi connectivity index (χ3n) is 1.99. The van der Waals surface area contributed by atoms with E-state index in [0.717, 1.165) is 11.3 Å². The second kappa shape index (κ2) is 4.46. The summed E-state index contributed by atoms with van der Waals surface area (Å²) in [5.41, 5.74) is 0.756. The van der Waals surface area contributed by atoms with Gasteiger partial charge in [0.15, 0.2) is 0 Å². The minimum atomic E-state index is -0.107. The van der Waals surface area contributed by atoms with Crippen molar-refractivity contribution in [2.75, 3.05) is 0 Å². The number of aromatic amines is 1. The topological polar surface area (TPSA) is 42.1 Å². The Bertz CT molecular complexity index is 476. The Kier molecular flexibility index (Phi) is 2.83. The van der Waals surface area contributed by atoms with E-state index < -0.39 is 0 Å². The van der Waals surface area contributed by atoms with Crippen molar-refractivity contribution in [3.63, 3.8) is 0 Å². The van der Waals surface area contributed by atoms with Gasteiger partial charge in [-0.15, -0.1) is 0 Å². The van der Waals surface area contributed by atoms with Crippen LogP contribution in [0.1, 0.15) is 5.56 Å². The van der Waals surface area contributed by atoms with Gasteiger partial charge in [0.25, 0.3) is 0 Å². The van der Waals surface area contributed by atoms with Crippen molar-refractivity contribution in [3.05, 3.63) is 64.6 Å². The Balaban J connectivity index is 2.02. The third-order valence-corrected chi connectivity index (χ3v) is 1.99. The number of nitrogens with one attached hydrogen (secondary N) is 1. The Morgan fingerprint density at radius 1 is 1.13 bits per heavy atom. The molecule has 0 fully saturated rings. The zero-order valence-corrected chi connectivity index (χ0v) is 8.14. The predicted octanol–water partition coefficient (Wildman–Crippen LogP) is 1.95. The van der Waals surface area contributed by atoms with Gasteiger partial charge in [-0.25, -0.2) is 0 Å². The molecule has 0 bridgehead atoms. The van der Waals surface area contributed by atoms with Gasteiger partial charge in [0.2, 0.25) is 5.56 Å². The molecule has 2 aromatic rings. The molecule has 0 spiro atoms. The number of benzene rings is 1. The van der Waals surface area contributed by atoms with Gasteiger partial charge in [0.05, 0.1) is 0 Å². The highest BCUT2D eigenvalue weighted by molar-refractivity contribution is 5.21. The first-order valence-corrected chi connectivity index (χ1v) is 4.70. The lowest BCUT2D eigenvalue weighted by Crippen LogP contribution is -2.05. The molecule has 1 aromatic carbocycles. The molecule has 0 saturated heterocycles. The van der Waals surface area contributed by atoms with Crippen LogP contribution < -0.4 is 10.3 Å². The summed E-state index contributed by atoms with van der Waals surface area (Å²) in [6, 6.07) is 12.9. The maximum atomic E-state index is 11.0. The second-order valence-electron chi connectivity index (χ2n) is 3.16. The number of rotatable bonds is 3. The van der Waals surface area contributed by atoms with Crippen molar-refractivity contribution in [2.24, 2.45) is 0 Å². The highest BCUT2D eigenvalue weighted by atomic mass is 16.5. The molecule has 15 heavy (non-hydrogen) atoms. The van der Waals surface area contributed by atoms with Crippen molar-refractivity contribution in [2.45, 2.75) is 6.61 Å². The average molecular weight is 201 g/mol. The van der Waals surface area contributed by atoms with E-state index >= 15 is 0 Å². The first-order chi connectivity index (χ1) is 7.34. The molecule has 0 saturated carbocycles. The van der Waals surface area contributed by atoms with Crippen LogP contribution in [0.15, 0.2) is 53.5 Å². The molecule has 3 nitrogen and oxygen atoms in total. The van der Waals surface area contributed by atoms with Gasteiger partial charge in [-0.2, -0.15) is 0 Å². The lowest BCUT2D eigenvalue weighted by Gasteiger charge is -2.04. The van der Waals surface area contributed by atoms with Gasteiger partial charge in [-0.1, -0.05) is 18.2 Å². The van der Waals surface area contributed by atoms with Crippen LogP contribution >= 0.6 is 0 Å². The third kappa shape index (κ3) is 2.71. The van der Waals surface area contributed by atoms with E-state index in [2.05, 4.69) is 4.98 Å². The number of ether oxygens (including phenoxy) is 1. The molecule has 0 unspecified atom stereocenters. The number of para-hydroxylation sites is 1. The summed E-state index contributed by atoms with van der Waals surface area (Å²) in [7, 11) is 0. The van der Waals surface area contributed by atoms with Crippen LogP contribution in [0.2, 0.25) is 0 Å². The zero-order valence-electron chi connectivity index (χ0n) is 8.14. The van der Waals surface area contributed by atoms with E-state index in [-0.39, 0.29) is 5.56 Å². The lowest BCUT2D eigenvalue weighted by atomic mass is 10.3. The van der Waals surface area contributed by atoms with Crippen LogP contribution in [0, 0.1) is 0 Å². The average Bonchev–Trinajstić information content (AvgIpc) is 2.28. The summed E-state index contributed by atoms with van der Waals surface area (Å²) >= 11 is 0. The second-order valence-corrected chi connectivity index (χ2v) is 3.16. The van der Waals surface area contributed by atoms with Crippen LogP contribution in [0.4, 0.5) is 0 Å². The molecule has 1 aromatic heterocycles. The quantitative estimate of drug-likeness (QED) is 0.824. The van der Waals surface area contributed by atoms with Crippen molar-refractivity contribution in [3.8, 4) is 5.75 Å². The molecule has 1 N–H and O–H groups in total. The zero-order chi connectivity index (χ0) is 10.5. The molecule has 3 heteroatoms. The summed E-state index contributed by atoms with van der Waals surface area (Å²) in [5, 5.41) is 0. The molecule has 0 amide bonds. The Morgan fingerprint density at radius 2 is 1.93 bits per heavy atom. The normalized spacial score (nSPS) is 9.87. The fraction of sp³-hybridized carbons (Fsp3) is 0.0833. The summed E-state index contributed by atoms with van der Waals surface area (Å²) in [4.78, 5) is 13.5. The lowest BCUT2D eigenvalue weighted by molar-refractivity contribution is 0.306. The Hall–Kier alpha value is -2.03. The van der Waals surface area contributed by atoms with Gasteiger partial charge in [-0.05, 0) is 23.8 Å². The number of H-pyrrole nitrogens is 1. The van der Waals surface area contributed by atoms with Crippen LogP contribution in [0.25, 0.3) is 0 Å². The highest BCUT2D eigenvalue weighted by Crippen LogP contribution is 2.10. The summed E-state index contributed by atoms with van der Waals surface area (Å²) in [6.45, 7) is 0.411. The molecule has 1 heterocycles. The predicted molar refractivity (Wildman–Crippen MR) is 57.8 cm³/mol. The standard InChI is InChI=1S/C12H11NO2/c14-12-8-10(6-7-13-12)9-15-11-4-2-1-3-5-11/h1-8H,9H2,(H,13,14). The summed E-state index contributed by atoms with van der Waals surface area (Å²) in [5.74, 6) is 0.804. The molecule has 2 rings (SSSR count). The minimum absolute atomic E-state index is 0.107. The van der Waals surface area contributed by atoms with E-state index in [1.165, 1.54) is 6.07 Å². The Labute approximate surface area is 87.3 Å². The van der Waals surface area contributed by atoms with Gasteiger partial charge in [0, 0.05) is 12.3 Å². The molecule has 76 valence electrons. The maximum Gasteiger partial charge on any atom is 0.248 e. The largest absolute Gasteiger partial charge is 0.489 e. The van der Waals surface area contributed by atoms with E-state index in [4.69, 9.17) is 4.74 Å². The Morgan fingerprint density at radius 3 is 2.67 bits per heavy atom. The van der Waals surface area contributed by atoms with Crippen LogP contribution in [0.3, 0.4) is 0 Å². The first-order valence-electron chi connectivity index (χ1n) is 4.70. The SMILES string of the molecule is O=c1cc(COc2ccccc2)cc[nH]1. The molecule has 0 radical (unpaired) electrons. The van der Waals surface area contributed by atoms with Crippen molar-refractivity contribution in [1.82, 2.24) is 4.98 Å². The van der Waals surface area contributed by atoms with Crippen LogP contribution in [0.5, 0.6) is 5.75 Å². The fourth-order valence-electron chi connectivity index (χ4n) is 1.26. The van der Waals surface area contributed by atoms with Gasteiger partial charge < -0.3 is 9.72 Å². The van der Waals surface area contributed by atoms with Crippen molar-refractivity contribution < 1.29 is 4.74 Å². The van der Waals surface area contributed by atoms with Gasteiger partial charge in [-0.3, -0.25) is 4.79 Å². The maximum absolute atomic E-state index is 11.0. The first kappa shape index (κ1) is 9.52. The highest BCUT2D eigenvalue weighted by Gasteiger charge is 1.95. The van der Waals surface area contributed by atoms with E-state index in [9.17, 15) is 4.79 Å². The van der Waals surface area contributed by atoms with Crippen molar-refractivity contribution in [1.29, 1.82) is 0 Å². The minimum Gasteiger partial charge on any atom is -0.489 e. The number of hydrogen-bond donors (Lipinski definition) is 1. The molecule has 0 aliphatic carbocycles. The van der Waals surface area contributed by atoms with E-state index in [1.807, 2.05) is 36.4 Å². The summed E-state index contributed by atoms with van der Waals surface area (Å²) < 4.78 is 5.49. The molecule has 0 atom stereocenters. The molecule has 0 aliphatic heterocycles. The van der Waals surface area contributed by atoms with Crippen LogP contribution in [-0.2, 0) is 6.61 Å². The number of pyridine rings is 1. The van der Waals surface area contributed by atoms with E-state index in [1.54, 1.807) is 6.20 Å². The number of aromatic nitrogens is 1. The number of hydrogen-bond acceptors (Lipinski definition) is 2. The van der Waals surface area contributed by atoms with Crippen LogP contribution in [-0.4, -0.2) is 4.98 Å². The van der Waals surface area contributed by atoms with Gasteiger partial charge in [0.1, 0.15) is 12.4 Å². The molecule has 0 aliphatic rings. The smallest absolute Gasteiger partial charge is 0.248 e. The van der Waals surface area contributed by atoms with Crippen molar-refractivity contribution >= 4 is 0 Å². The van der Waals surface area contributed by atoms with Gasteiger partial charge >= 0.3 is 0 Å².